The van der Waals surface area contributed by atoms with Gasteiger partial charge in [0.05, 0.1) is 14.1 Å². The highest BCUT2D eigenvalue weighted by Gasteiger charge is 2.40. The van der Waals surface area contributed by atoms with Crippen LogP contribution in [-0.4, -0.2) is 29.1 Å². The molecule has 1 aliphatic rings. The van der Waals surface area contributed by atoms with Gasteiger partial charge in [-0.1, -0.05) is 30.1 Å². The maximum atomic E-state index is 11.5. The first-order valence-electron chi connectivity index (χ1n) is 6.82. The lowest BCUT2D eigenvalue weighted by molar-refractivity contribution is -0.152. The summed E-state index contributed by atoms with van der Waals surface area (Å²) in [6.07, 6.45) is 2.08. The number of halogens is 2. The molecule has 1 aromatic heterocycles. The smallest absolute Gasteiger partial charge is 0.309 e. The van der Waals surface area contributed by atoms with Crippen LogP contribution in [0.3, 0.4) is 0 Å². The van der Waals surface area contributed by atoms with Crippen molar-refractivity contribution in [3.05, 3.63) is 20.3 Å². The van der Waals surface area contributed by atoms with Crippen LogP contribution in [0.5, 0.6) is 0 Å². The molecule has 112 valence electrons. The second-order valence-electron chi connectivity index (χ2n) is 5.43. The average Bonchev–Trinajstić information content (AvgIpc) is 2.76. The molecule has 1 N–H and O–H groups in total. The fourth-order valence-corrected chi connectivity index (χ4v) is 4.53. The molecule has 3 nitrogen and oxygen atoms in total. The SMILES string of the molecule is CCC1(C(=O)O)CCN(C(C)c2cc(Cl)sc2Cl)CC1. The molecule has 1 aliphatic heterocycles. The maximum Gasteiger partial charge on any atom is 0.309 e. The molecule has 0 spiro atoms. The lowest BCUT2D eigenvalue weighted by atomic mass is 9.76. The van der Waals surface area contributed by atoms with E-state index in [9.17, 15) is 9.90 Å². The van der Waals surface area contributed by atoms with Crippen molar-refractivity contribution in [2.24, 2.45) is 5.41 Å². The van der Waals surface area contributed by atoms with Crippen molar-refractivity contribution in [2.75, 3.05) is 13.1 Å². The number of rotatable bonds is 4. The number of carboxylic acid groups (broad SMARTS) is 1. The summed E-state index contributed by atoms with van der Waals surface area (Å²) in [5, 5.41) is 9.42. The zero-order valence-electron chi connectivity index (χ0n) is 11.7. The third kappa shape index (κ3) is 2.98. The fraction of sp³-hybridized carbons (Fsp3) is 0.643. The number of hydrogen-bond acceptors (Lipinski definition) is 3. The van der Waals surface area contributed by atoms with Gasteiger partial charge in [0, 0.05) is 11.6 Å². The highest BCUT2D eigenvalue weighted by molar-refractivity contribution is 7.20. The van der Waals surface area contributed by atoms with Gasteiger partial charge in [-0.3, -0.25) is 9.69 Å². The molecule has 2 rings (SSSR count). The average molecular weight is 336 g/mol. The summed E-state index contributed by atoms with van der Waals surface area (Å²) in [7, 11) is 0. The molecule has 0 saturated carbocycles. The van der Waals surface area contributed by atoms with Crippen LogP contribution < -0.4 is 0 Å². The van der Waals surface area contributed by atoms with Crippen molar-refractivity contribution in [3.63, 3.8) is 0 Å². The van der Waals surface area contributed by atoms with Crippen LogP contribution in [0.1, 0.15) is 44.7 Å². The normalized spacial score (nSPS) is 20.8. The van der Waals surface area contributed by atoms with E-state index in [1.165, 1.54) is 11.3 Å². The molecule has 0 aliphatic carbocycles. The summed E-state index contributed by atoms with van der Waals surface area (Å²) in [6, 6.07) is 2.09. The van der Waals surface area contributed by atoms with Gasteiger partial charge in [-0.05, 0) is 45.3 Å². The van der Waals surface area contributed by atoms with Crippen molar-refractivity contribution in [2.45, 2.75) is 39.2 Å². The van der Waals surface area contributed by atoms with Gasteiger partial charge >= 0.3 is 5.97 Å². The molecule has 1 atom stereocenters. The van der Waals surface area contributed by atoms with Crippen LogP contribution in [0.4, 0.5) is 0 Å². The summed E-state index contributed by atoms with van der Waals surface area (Å²) in [6.45, 7) is 5.63. The quantitative estimate of drug-likeness (QED) is 0.867. The number of likely N-dealkylation sites (tertiary alicyclic amines) is 1. The Morgan fingerprint density at radius 1 is 1.50 bits per heavy atom. The lowest BCUT2D eigenvalue weighted by Gasteiger charge is -2.41. The van der Waals surface area contributed by atoms with Gasteiger partial charge < -0.3 is 5.11 Å². The number of piperidine rings is 1. The Morgan fingerprint density at radius 2 is 2.10 bits per heavy atom. The third-order valence-electron chi connectivity index (χ3n) is 4.57. The first-order chi connectivity index (χ1) is 9.39. The van der Waals surface area contributed by atoms with E-state index >= 15 is 0 Å². The lowest BCUT2D eigenvalue weighted by Crippen LogP contribution is -2.44. The molecular formula is C14H19Cl2NO2S. The Morgan fingerprint density at radius 3 is 2.50 bits per heavy atom. The molecule has 1 aromatic rings. The van der Waals surface area contributed by atoms with Gasteiger partial charge in [0.1, 0.15) is 0 Å². The molecule has 6 heteroatoms. The Kier molecular flexibility index (Phi) is 5.00. The summed E-state index contributed by atoms with van der Waals surface area (Å²) in [4.78, 5) is 13.7. The van der Waals surface area contributed by atoms with Crippen molar-refractivity contribution in [1.29, 1.82) is 0 Å². The van der Waals surface area contributed by atoms with Crippen molar-refractivity contribution in [3.8, 4) is 0 Å². The molecule has 2 heterocycles. The second kappa shape index (κ2) is 6.22. The van der Waals surface area contributed by atoms with Crippen LogP contribution in [0, 0.1) is 5.41 Å². The van der Waals surface area contributed by atoms with Gasteiger partial charge in [0.15, 0.2) is 0 Å². The maximum absolute atomic E-state index is 11.5. The van der Waals surface area contributed by atoms with Crippen LogP contribution in [0.15, 0.2) is 6.07 Å². The van der Waals surface area contributed by atoms with E-state index < -0.39 is 11.4 Å². The van der Waals surface area contributed by atoms with Gasteiger partial charge in [0.2, 0.25) is 0 Å². The van der Waals surface area contributed by atoms with Crippen LogP contribution in [0.25, 0.3) is 0 Å². The van der Waals surface area contributed by atoms with Gasteiger partial charge in [-0.25, -0.2) is 0 Å². The van der Waals surface area contributed by atoms with Crippen molar-refractivity contribution >= 4 is 40.5 Å². The van der Waals surface area contributed by atoms with Crippen LogP contribution in [-0.2, 0) is 4.79 Å². The molecule has 20 heavy (non-hydrogen) atoms. The Bertz CT molecular complexity index is 495. The van der Waals surface area contributed by atoms with E-state index in [1.807, 2.05) is 13.0 Å². The minimum Gasteiger partial charge on any atom is -0.481 e. The second-order valence-corrected chi connectivity index (χ2v) is 7.72. The highest BCUT2D eigenvalue weighted by atomic mass is 35.5. The first kappa shape index (κ1) is 16.1. The first-order valence-corrected chi connectivity index (χ1v) is 8.39. The summed E-state index contributed by atoms with van der Waals surface area (Å²) in [5.41, 5.74) is 0.493. The zero-order valence-corrected chi connectivity index (χ0v) is 14.0. The zero-order chi connectivity index (χ0) is 14.9. The predicted octanol–water partition coefficient (Wildman–Crippen LogP) is 4.69. The summed E-state index contributed by atoms with van der Waals surface area (Å²) < 4.78 is 1.43. The molecule has 0 bridgehead atoms. The predicted molar refractivity (Wildman–Crippen MR) is 83.9 cm³/mol. The molecular weight excluding hydrogens is 317 g/mol. The highest BCUT2D eigenvalue weighted by Crippen LogP contribution is 2.41. The molecule has 0 amide bonds. The van der Waals surface area contributed by atoms with Crippen LogP contribution >= 0.6 is 34.5 Å². The Hall–Kier alpha value is -0.290. The van der Waals surface area contributed by atoms with E-state index in [0.29, 0.717) is 23.6 Å². The summed E-state index contributed by atoms with van der Waals surface area (Å²) in [5.74, 6) is -0.663. The topological polar surface area (TPSA) is 40.5 Å². The van der Waals surface area contributed by atoms with E-state index in [1.54, 1.807) is 0 Å². The monoisotopic (exact) mass is 335 g/mol. The van der Waals surface area contributed by atoms with Gasteiger partial charge in [0.25, 0.3) is 0 Å². The number of thiophene rings is 1. The number of hydrogen-bond donors (Lipinski definition) is 1. The number of aliphatic carboxylic acids is 1. The number of carboxylic acids is 1. The fourth-order valence-electron chi connectivity index (χ4n) is 2.89. The van der Waals surface area contributed by atoms with E-state index in [2.05, 4.69) is 11.8 Å². The Balaban J connectivity index is 2.07. The molecule has 1 saturated heterocycles. The number of nitrogens with zero attached hydrogens (tertiary/aromatic N) is 1. The van der Waals surface area contributed by atoms with Crippen molar-refractivity contribution < 1.29 is 9.90 Å². The third-order valence-corrected chi connectivity index (χ3v) is 6.08. The van der Waals surface area contributed by atoms with Gasteiger partial charge in [-0.15, -0.1) is 11.3 Å². The van der Waals surface area contributed by atoms with Crippen molar-refractivity contribution in [1.82, 2.24) is 4.90 Å². The van der Waals surface area contributed by atoms with E-state index in [-0.39, 0.29) is 6.04 Å². The summed E-state index contributed by atoms with van der Waals surface area (Å²) >= 11 is 13.6. The molecule has 0 aromatic carbocycles. The molecule has 1 fully saturated rings. The molecule has 0 radical (unpaired) electrons. The van der Waals surface area contributed by atoms with Gasteiger partial charge in [-0.2, -0.15) is 0 Å². The minimum atomic E-state index is -0.663. The van der Waals surface area contributed by atoms with Crippen LogP contribution in [0.2, 0.25) is 8.67 Å². The largest absolute Gasteiger partial charge is 0.481 e. The molecule has 1 unspecified atom stereocenters. The Labute approximate surface area is 133 Å². The number of carbonyl (C=O) groups is 1. The minimum absolute atomic E-state index is 0.176. The van der Waals surface area contributed by atoms with E-state index in [4.69, 9.17) is 23.2 Å². The standard InChI is InChI=1S/C14H19Cl2NO2S/c1-3-14(13(18)19)4-6-17(7-5-14)9(2)10-8-11(15)20-12(10)16/h8-9H,3-7H2,1-2H3,(H,18,19). The van der Waals surface area contributed by atoms with E-state index in [0.717, 1.165) is 23.0 Å².